The lowest BCUT2D eigenvalue weighted by molar-refractivity contribution is -0.139. The summed E-state index contributed by atoms with van der Waals surface area (Å²) in [5.41, 5.74) is 5.85. The Morgan fingerprint density at radius 1 is 1.00 bits per heavy atom. The Balaban J connectivity index is 1.80. The molecule has 2 aromatic carbocycles. The molecule has 3 N–H and O–H groups in total. The molecule has 1 fully saturated rings. The topological polar surface area (TPSA) is 147 Å². The predicted octanol–water partition coefficient (Wildman–Crippen LogP) is 4.53. The minimum atomic E-state index is -1.08. The summed E-state index contributed by atoms with van der Waals surface area (Å²) in [5, 5.41) is 13.6. The summed E-state index contributed by atoms with van der Waals surface area (Å²) in [6.45, 7) is 6.20. The van der Waals surface area contributed by atoms with Crippen molar-refractivity contribution >= 4 is 29.4 Å². The van der Waals surface area contributed by atoms with Gasteiger partial charge in [-0.25, -0.2) is 18.8 Å². The summed E-state index contributed by atoms with van der Waals surface area (Å²) >= 11 is 0. The number of ether oxygens (including phenoxy) is 3. The lowest BCUT2D eigenvalue weighted by Gasteiger charge is -2.38. The minimum absolute atomic E-state index is 0.0795. The Morgan fingerprint density at radius 2 is 1.64 bits per heavy atom. The molecule has 0 aliphatic carbocycles. The molecule has 0 radical (unpaired) electrons. The number of amides is 1. The number of allylic oxidation sites excluding steroid dienone is 1. The smallest absolute Gasteiger partial charge is 0.410 e. The van der Waals surface area contributed by atoms with Gasteiger partial charge in [0.1, 0.15) is 28.6 Å². The molecular formula is C32H36FN5O6. The Labute approximate surface area is 255 Å². The number of para-hydroxylation sites is 1. The summed E-state index contributed by atoms with van der Waals surface area (Å²) in [6, 6.07) is 14.7. The Hall–Kier alpha value is -5.05. The van der Waals surface area contributed by atoms with E-state index in [4.69, 9.17) is 19.9 Å². The first-order chi connectivity index (χ1) is 20.9. The van der Waals surface area contributed by atoms with Gasteiger partial charge in [0, 0.05) is 19.1 Å². The highest BCUT2D eigenvalue weighted by atomic mass is 19.1. The fourth-order valence-electron chi connectivity index (χ4n) is 5.36. The third-order valence-electron chi connectivity index (χ3n) is 7.33. The number of benzene rings is 2. The van der Waals surface area contributed by atoms with Crippen LogP contribution in [0.5, 0.6) is 0 Å². The maximum Gasteiger partial charge on any atom is 0.410 e. The molecule has 4 rings (SSSR count). The predicted molar refractivity (Wildman–Crippen MR) is 160 cm³/mol. The first-order valence-corrected chi connectivity index (χ1v) is 14.1. The number of piperidine rings is 1. The zero-order valence-electron chi connectivity index (χ0n) is 25.3. The van der Waals surface area contributed by atoms with Crippen LogP contribution in [-0.2, 0) is 23.8 Å². The fourth-order valence-corrected chi connectivity index (χ4v) is 5.36. The maximum atomic E-state index is 15.9. The first kappa shape index (κ1) is 31.9. The number of nitriles is 1. The number of hydrogen-bond acceptors (Lipinski definition) is 10. The van der Waals surface area contributed by atoms with E-state index in [1.807, 2.05) is 0 Å². The molecule has 11 nitrogen and oxygen atoms in total. The molecule has 2 heterocycles. The zero-order valence-corrected chi connectivity index (χ0v) is 25.3. The number of nitrogens with zero attached hydrogens (tertiary/aromatic N) is 3. The SMILES string of the molecule is COC(=O)C1=C(C(=O)OC)N(c2c(F)cccc2NC2CCN(C(=O)OC(C)(C)C)CC2)C(N)=C(C#N)C1c1ccccc1. The third-order valence-corrected chi connectivity index (χ3v) is 7.33. The van der Waals surface area contributed by atoms with E-state index in [1.54, 1.807) is 62.1 Å². The van der Waals surface area contributed by atoms with Gasteiger partial charge in [-0.1, -0.05) is 36.4 Å². The van der Waals surface area contributed by atoms with Crippen LogP contribution >= 0.6 is 0 Å². The van der Waals surface area contributed by atoms with E-state index in [-0.39, 0.29) is 40.1 Å². The van der Waals surface area contributed by atoms with Crippen LogP contribution in [0.1, 0.15) is 45.1 Å². The lowest BCUT2D eigenvalue weighted by Crippen LogP contribution is -2.45. The average molecular weight is 606 g/mol. The van der Waals surface area contributed by atoms with Gasteiger partial charge in [-0.05, 0) is 51.3 Å². The second-order valence-electron chi connectivity index (χ2n) is 11.4. The molecule has 1 saturated heterocycles. The second-order valence-corrected chi connectivity index (χ2v) is 11.4. The van der Waals surface area contributed by atoms with Crippen molar-refractivity contribution in [3.05, 3.63) is 82.6 Å². The molecule has 2 aliphatic heterocycles. The van der Waals surface area contributed by atoms with Gasteiger partial charge in [-0.15, -0.1) is 0 Å². The van der Waals surface area contributed by atoms with Gasteiger partial charge in [0.2, 0.25) is 0 Å². The van der Waals surface area contributed by atoms with E-state index in [1.165, 1.54) is 12.1 Å². The molecule has 1 unspecified atom stereocenters. The lowest BCUT2D eigenvalue weighted by atomic mass is 9.81. The zero-order chi connectivity index (χ0) is 32.2. The highest BCUT2D eigenvalue weighted by Gasteiger charge is 2.44. The number of anilines is 2. The largest absolute Gasteiger partial charge is 0.466 e. The summed E-state index contributed by atoms with van der Waals surface area (Å²) < 4.78 is 31.5. The number of carbonyl (C=O) groups is 3. The number of rotatable bonds is 6. The van der Waals surface area contributed by atoms with Crippen molar-refractivity contribution in [1.82, 2.24) is 4.90 Å². The van der Waals surface area contributed by atoms with Gasteiger partial charge >= 0.3 is 18.0 Å². The molecule has 1 amide bonds. The van der Waals surface area contributed by atoms with E-state index >= 15 is 4.39 Å². The number of carbonyl (C=O) groups excluding carboxylic acids is 3. The molecule has 2 aliphatic rings. The van der Waals surface area contributed by atoms with Crippen LogP contribution in [0, 0.1) is 17.1 Å². The van der Waals surface area contributed by atoms with Crippen LogP contribution < -0.4 is 16.0 Å². The van der Waals surface area contributed by atoms with Crippen molar-refractivity contribution < 1.29 is 33.0 Å². The van der Waals surface area contributed by atoms with Crippen LogP contribution in [0.3, 0.4) is 0 Å². The number of hydrogen-bond donors (Lipinski definition) is 2. The number of halogens is 1. The average Bonchev–Trinajstić information content (AvgIpc) is 3.00. The molecule has 0 saturated carbocycles. The van der Waals surface area contributed by atoms with E-state index in [9.17, 15) is 19.6 Å². The molecule has 0 aromatic heterocycles. The molecule has 0 spiro atoms. The molecule has 0 bridgehead atoms. The first-order valence-electron chi connectivity index (χ1n) is 14.1. The minimum Gasteiger partial charge on any atom is -0.466 e. The monoisotopic (exact) mass is 605 g/mol. The van der Waals surface area contributed by atoms with Gasteiger partial charge < -0.3 is 30.2 Å². The van der Waals surface area contributed by atoms with E-state index in [2.05, 4.69) is 11.4 Å². The summed E-state index contributed by atoms with van der Waals surface area (Å²) in [6.07, 6.45) is 0.633. The normalized spacial score (nSPS) is 17.6. The Kier molecular flexibility index (Phi) is 9.47. The maximum absolute atomic E-state index is 15.9. The van der Waals surface area contributed by atoms with Crippen LogP contribution in [0.4, 0.5) is 20.6 Å². The van der Waals surface area contributed by atoms with E-state index < -0.39 is 35.4 Å². The van der Waals surface area contributed by atoms with Crippen LogP contribution in [0.2, 0.25) is 0 Å². The highest BCUT2D eigenvalue weighted by Crippen LogP contribution is 2.45. The molecule has 1 atom stereocenters. The van der Waals surface area contributed by atoms with Crippen LogP contribution in [-0.4, -0.2) is 61.9 Å². The second kappa shape index (κ2) is 13.1. The van der Waals surface area contributed by atoms with Gasteiger partial charge in [0.15, 0.2) is 0 Å². The van der Waals surface area contributed by atoms with Crippen molar-refractivity contribution in [2.75, 3.05) is 37.5 Å². The molecule has 44 heavy (non-hydrogen) atoms. The van der Waals surface area contributed by atoms with Gasteiger partial charge in [-0.2, -0.15) is 5.26 Å². The van der Waals surface area contributed by atoms with Crippen molar-refractivity contribution in [2.24, 2.45) is 5.73 Å². The molecule has 12 heteroatoms. The molecule has 232 valence electrons. The van der Waals surface area contributed by atoms with E-state index in [0.717, 1.165) is 19.1 Å². The van der Waals surface area contributed by atoms with Crippen molar-refractivity contribution in [3.63, 3.8) is 0 Å². The van der Waals surface area contributed by atoms with Crippen molar-refractivity contribution in [3.8, 4) is 6.07 Å². The molecule has 2 aromatic rings. The van der Waals surface area contributed by atoms with Gasteiger partial charge in [0.25, 0.3) is 0 Å². The number of methoxy groups -OCH3 is 2. The number of likely N-dealkylation sites (tertiary alicyclic amines) is 1. The summed E-state index contributed by atoms with van der Waals surface area (Å²) in [4.78, 5) is 42.0. The van der Waals surface area contributed by atoms with E-state index in [0.29, 0.717) is 31.5 Å². The highest BCUT2D eigenvalue weighted by molar-refractivity contribution is 6.07. The van der Waals surface area contributed by atoms with Crippen molar-refractivity contribution in [2.45, 2.75) is 51.2 Å². The standard InChI is InChI=1S/C32H36FN5O6/c1-32(2,3)44-31(41)37-16-14-20(15-17-37)36-23-13-9-12-22(33)26(23)38-27(30(40)43-5)25(29(39)42-4)24(21(18-34)28(38)35)19-10-7-6-8-11-19/h6-13,20,24,36H,14-17,35H2,1-5H3. The number of nitrogens with two attached hydrogens (primary N) is 1. The van der Waals surface area contributed by atoms with Crippen LogP contribution in [0.15, 0.2) is 71.2 Å². The Bertz CT molecular complexity index is 1530. The Morgan fingerprint density at radius 3 is 2.20 bits per heavy atom. The fraction of sp³-hybridized carbons (Fsp3) is 0.375. The van der Waals surface area contributed by atoms with Gasteiger partial charge in [0.05, 0.1) is 43.0 Å². The number of esters is 2. The van der Waals surface area contributed by atoms with Crippen LogP contribution in [0.25, 0.3) is 0 Å². The molecular weight excluding hydrogens is 569 g/mol. The number of nitrogens with one attached hydrogen (secondary N) is 1. The summed E-state index contributed by atoms with van der Waals surface area (Å²) in [7, 11) is 2.27. The third kappa shape index (κ3) is 6.46. The quantitative estimate of drug-likeness (QED) is 0.355. The van der Waals surface area contributed by atoms with Gasteiger partial charge in [-0.3, -0.25) is 4.90 Å². The van der Waals surface area contributed by atoms with Crippen molar-refractivity contribution in [1.29, 1.82) is 5.26 Å². The summed E-state index contributed by atoms with van der Waals surface area (Å²) in [5.74, 6) is -4.00.